The van der Waals surface area contributed by atoms with Gasteiger partial charge >= 0.3 is 0 Å². The lowest BCUT2D eigenvalue weighted by Gasteiger charge is -2.18. The van der Waals surface area contributed by atoms with E-state index in [1.54, 1.807) is 0 Å². The summed E-state index contributed by atoms with van der Waals surface area (Å²) in [4.78, 5) is 0. The normalized spacial score (nSPS) is 9.92. The molecule has 2 N–H and O–H groups in total. The summed E-state index contributed by atoms with van der Waals surface area (Å²) in [6.07, 6.45) is 0. The van der Waals surface area contributed by atoms with Crippen molar-refractivity contribution in [1.82, 2.24) is 0 Å². The fraction of sp³-hybridized carbons (Fsp3) is 0.143. The van der Waals surface area contributed by atoms with Crippen LogP contribution in [-0.2, 0) is 0 Å². The van der Waals surface area contributed by atoms with Crippen LogP contribution in [0.15, 0.2) is 0 Å². The maximum Gasteiger partial charge on any atom is 0.118 e. The largest absolute Gasteiger partial charge is 0.498 e. The number of ether oxygens (including phenoxy) is 1. The maximum absolute atomic E-state index is 5.60. The number of nitrogen functional groups attached to an aromatic ring is 1. The average molecular weight is 162 g/mol. The molecule has 8 radical (unpaired) electrons. The number of rotatable bonds is 1. The van der Waals surface area contributed by atoms with Crippen LogP contribution < -0.4 is 32.3 Å². The molecule has 1 aromatic rings. The van der Waals surface area contributed by atoms with Gasteiger partial charge in [-0.25, -0.2) is 0 Å². The molecule has 0 aliphatic rings. The van der Waals surface area contributed by atoms with Crippen LogP contribution in [0, 0.1) is 0 Å². The summed E-state index contributed by atoms with van der Waals surface area (Å²) >= 11 is 0. The highest BCUT2D eigenvalue weighted by atomic mass is 16.5. The zero-order valence-electron chi connectivity index (χ0n) is 7.29. The smallest absolute Gasteiger partial charge is 0.118 e. The van der Waals surface area contributed by atoms with E-state index in [1.807, 2.05) is 0 Å². The predicted octanol–water partition coefficient (Wildman–Crippen LogP) is -3.55. The van der Waals surface area contributed by atoms with Gasteiger partial charge in [0.25, 0.3) is 0 Å². The third-order valence-corrected chi connectivity index (χ3v) is 1.85. The van der Waals surface area contributed by atoms with Crippen molar-refractivity contribution in [3.05, 3.63) is 0 Å². The molecule has 0 unspecified atom stereocenters. The van der Waals surface area contributed by atoms with Crippen molar-refractivity contribution in [2.75, 3.05) is 12.8 Å². The van der Waals surface area contributed by atoms with E-state index in [4.69, 9.17) is 41.9 Å². The van der Waals surface area contributed by atoms with Crippen LogP contribution in [0.1, 0.15) is 0 Å². The van der Waals surface area contributed by atoms with E-state index in [0.717, 1.165) is 0 Å². The van der Waals surface area contributed by atoms with E-state index in [-0.39, 0.29) is 33.3 Å². The fourth-order valence-corrected chi connectivity index (χ4v) is 1.04. The highest BCUT2D eigenvalue weighted by Crippen LogP contribution is 1.99. The molecule has 0 heterocycles. The van der Waals surface area contributed by atoms with E-state index in [9.17, 15) is 0 Å². The minimum atomic E-state index is 0.191. The minimum absolute atomic E-state index is 0.191. The lowest BCUT2D eigenvalue weighted by molar-refractivity contribution is 0.422. The van der Waals surface area contributed by atoms with Gasteiger partial charge in [-0.15, -0.1) is 0 Å². The molecule has 6 heteroatoms. The average Bonchev–Trinajstić information content (AvgIpc) is 2.13. The first kappa shape index (κ1) is 10.2. The summed E-state index contributed by atoms with van der Waals surface area (Å²) in [6.45, 7) is 0. The Morgan fingerprint density at radius 2 is 1.31 bits per heavy atom. The lowest BCUT2D eigenvalue weighted by Crippen LogP contribution is -2.44. The molecule has 13 heavy (non-hydrogen) atoms. The highest BCUT2D eigenvalue weighted by Gasteiger charge is 2.10. The predicted molar refractivity (Wildman–Crippen MR) is 59.0 cm³/mol. The molecule has 0 bridgehead atoms. The standard InChI is InChI=1S/C7H5B4NO/c1-13-7-4(10)2(8)6(12)3(9)5(7)11/h12H2,1H3. The molecule has 0 amide bonds. The molecular weight excluding hydrogens is 157 g/mol. The molecule has 0 spiro atoms. The first-order valence-corrected chi connectivity index (χ1v) is 3.56. The van der Waals surface area contributed by atoms with Gasteiger partial charge in [-0.1, -0.05) is 21.9 Å². The summed E-state index contributed by atoms with van der Waals surface area (Å²) in [5.74, 6) is 0.268. The quantitative estimate of drug-likeness (QED) is 0.343. The zero-order chi connectivity index (χ0) is 10.2. The molecule has 0 aromatic heterocycles. The van der Waals surface area contributed by atoms with Crippen molar-refractivity contribution in [2.45, 2.75) is 0 Å². The van der Waals surface area contributed by atoms with Gasteiger partial charge in [-0.3, -0.25) is 0 Å². The molecular formula is C7H5B4NO. The van der Waals surface area contributed by atoms with Crippen molar-refractivity contribution in [3.63, 3.8) is 0 Å². The number of hydrogen-bond acceptors (Lipinski definition) is 2. The minimum Gasteiger partial charge on any atom is -0.498 e. The molecule has 0 fully saturated rings. The van der Waals surface area contributed by atoms with E-state index < -0.39 is 0 Å². The van der Waals surface area contributed by atoms with Gasteiger partial charge in [-0.05, 0) is 0 Å². The molecule has 56 valence electrons. The van der Waals surface area contributed by atoms with E-state index in [2.05, 4.69) is 0 Å². The molecule has 1 aromatic carbocycles. The molecule has 0 saturated heterocycles. The summed E-state index contributed by atoms with van der Waals surface area (Å²) in [6, 6.07) is 0. The first-order chi connectivity index (χ1) is 6.00. The second kappa shape index (κ2) is 3.44. The summed E-state index contributed by atoms with van der Waals surface area (Å²) < 4.78 is 4.93. The topological polar surface area (TPSA) is 35.2 Å². The van der Waals surface area contributed by atoms with Crippen LogP contribution in [0.4, 0.5) is 5.69 Å². The molecule has 0 saturated carbocycles. The van der Waals surface area contributed by atoms with Crippen LogP contribution in [0.25, 0.3) is 0 Å². The third-order valence-electron chi connectivity index (χ3n) is 1.85. The maximum atomic E-state index is 5.60. The Hall–Kier alpha value is -0.920. The lowest BCUT2D eigenvalue weighted by atomic mass is 9.68. The molecule has 0 aliphatic carbocycles. The van der Waals surface area contributed by atoms with Crippen LogP contribution in [0.3, 0.4) is 0 Å². The SMILES string of the molecule is [B]c1c([B])c(OC)c([B])c([B])c1N. The molecule has 0 atom stereocenters. The van der Waals surface area contributed by atoms with Crippen molar-refractivity contribution in [2.24, 2.45) is 0 Å². The third kappa shape index (κ3) is 1.45. The van der Waals surface area contributed by atoms with Crippen molar-refractivity contribution in [3.8, 4) is 5.75 Å². The van der Waals surface area contributed by atoms with Crippen molar-refractivity contribution < 1.29 is 4.74 Å². The molecule has 2 nitrogen and oxygen atoms in total. The van der Waals surface area contributed by atoms with Gasteiger partial charge in [0.1, 0.15) is 37.1 Å². The zero-order valence-corrected chi connectivity index (χ0v) is 7.29. The van der Waals surface area contributed by atoms with Gasteiger partial charge in [0, 0.05) is 5.69 Å². The Kier molecular flexibility index (Phi) is 2.69. The second-order valence-corrected chi connectivity index (χ2v) is 2.60. The molecule has 0 aliphatic heterocycles. The van der Waals surface area contributed by atoms with Crippen LogP contribution in [-0.4, -0.2) is 38.5 Å². The van der Waals surface area contributed by atoms with E-state index in [1.165, 1.54) is 7.11 Å². The Balaban J connectivity index is 3.56. The van der Waals surface area contributed by atoms with Crippen LogP contribution >= 0.6 is 0 Å². The number of nitrogens with two attached hydrogens (primary N) is 1. The Bertz CT molecular complexity index is 324. The number of methoxy groups -OCH3 is 1. The number of benzene rings is 1. The Labute approximate surface area is 82.9 Å². The molecule has 1 rings (SSSR count). The summed E-state index contributed by atoms with van der Waals surface area (Å²) in [5, 5.41) is 0. The van der Waals surface area contributed by atoms with Crippen LogP contribution in [0.2, 0.25) is 0 Å². The van der Waals surface area contributed by atoms with Crippen molar-refractivity contribution >= 4 is 58.9 Å². The van der Waals surface area contributed by atoms with Gasteiger partial charge in [-0.2, -0.15) is 0 Å². The van der Waals surface area contributed by atoms with Crippen molar-refractivity contribution in [1.29, 1.82) is 0 Å². The first-order valence-electron chi connectivity index (χ1n) is 3.56. The second-order valence-electron chi connectivity index (χ2n) is 2.60. The van der Waals surface area contributed by atoms with Gasteiger partial charge in [0.15, 0.2) is 0 Å². The fourth-order valence-electron chi connectivity index (χ4n) is 1.04. The number of anilines is 1. The monoisotopic (exact) mass is 163 g/mol. The summed E-state index contributed by atoms with van der Waals surface area (Å²) in [7, 11) is 23.7. The van der Waals surface area contributed by atoms with Crippen LogP contribution in [0.5, 0.6) is 5.75 Å². The highest BCUT2D eigenvalue weighted by molar-refractivity contribution is 6.61. The van der Waals surface area contributed by atoms with Gasteiger partial charge in [0.05, 0.1) is 7.11 Å². The Morgan fingerprint density at radius 3 is 1.62 bits per heavy atom. The Morgan fingerprint density at radius 1 is 0.923 bits per heavy atom. The van der Waals surface area contributed by atoms with Gasteiger partial charge < -0.3 is 10.5 Å². The number of hydrogen-bond donors (Lipinski definition) is 1. The van der Waals surface area contributed by atoms with Gasteiger partial charge in [0.2, 0.25) is 0 Å². The van der Waals surface area contributed by atoms with E-state index in [0.29, 0.717) is 0 Å². The van der Waals surface area contributed by atoms with E-state index >= 15 is 0 Å². The summed E-state index contributed by atoms with van der Waals surface area (Å²) in [5.41, 5.74) is 6.56.